The van der Waals surface area contributed by atoms with Crippen LogP contribution in [0.15, 0.2) is 85.2 Å². The van der Waals surface area contributed by atoms with E-state index in [0.717, 1.165) is 22.2 Å². The maximum Gasteiger partial charge on any atom is 0.170 e. The number of hydrogen-bond acceptors (Lipinski definition) is 3. The molecule has 2 atom stereocenters. The van der Waals surface area contributed by atoms with Gasteiger partial charge in [-0.25, -0.2) is 0 Å². The second-order valence-corrected chi connectivity index (χ2v) is 9.06. The third-order valence-electron chi connectivity index (χ3n) is 6.56. The second-order valence-electron chi connectivity index (χ2n) is 8.67. The molecule has 2 unspecified atom stereocenters. The molecule has 1 N–H and O–H groups in total. The highest BCUT2D eigenvalue weighted by molar-refractivity contribution is 7.80. The van der Waals surface area contributed by atoms with E-state index >= 15 is 0 Å². The Kier molecular flexibility index (Phi) is 6.07. The number of rotatable bonds is 6. The van der Waals surface area contributed by atoms with Crippen molar-refractivity contribution in [2.75, 3.05) is 7.11 Å². The Hall–Kier alpha value is -3.64. The number of thiocarbonyl (C=S) groups is 1. The lowest BCUT2D eigenvalue weighted by atomic mass is 10.0. The molecule has 0 spiro atoms. The molecule has 1 fully saturated rings. The molecule has 1 aliphatic rings. The molecular weight excluding hydrogens is 440 g/mol. The standard InChI is InChI=1S/C28H28N4OS/c1-19-9-12-22(17-20(19)2)31-16-6-8-25(31)27-26(24-7-4-5-15-29-24)30-28(34)32(27)18-21-10-13-23(33-3)14-11-21/h4-17,26-27H,18H2,1-3H3,(H,30,34). The van der Waals surface area contributed by atoms with E-state index in [1.54, 1.807) is 7.11 Å². The predicted octanol–water partition coefficient (Wildman–Crippen LogP) is 5.67. The van der Waals surface area contributed by atoms with Crippen molar-refractivity contribution in [2.45, 2.75) is 32.5 Å². The Morgan fingerprint density at radius 2 is 1.79 bits per heavy atom. The van der Waals surface area contributed by atoms with Gasteiger partial charge in [-0.15, -0.1) is 0 Å². The molecule has 172 valence electrons. The number of pyridine rings is 1. The van der Waals surface area contributed by atoms with E-state index in [4.69, 9.17) is 17.0 Å². The van der Waals surface area contributed by atoms with Gasteiger partial charge in [0.2, 0.25) is 0 Å². The van der Waals surface area contributed by atoms with Crippen molar-refractivity contribution in [1.29, 1.82) is 0 Å². The van der Waals surface area contributed by atoms with Crippen LogP contribution in [-0.2, 0) is 6.54 Å². The molecule has 3 heterocycles. The molecule has 5 nitrogen and oxygen atoms in total. The summed E-state index contributed by atoms with van der Waals surface area (Å²) < 4.78 is 7.60. The molecule has 6 heteroatoms. The van der Waals surface area contributed by atoms with Gasteiger partial charge in [0, 0.05) is 30.3 Å². The van der Waals surface area contributed by atoms with Gasteiger partial charge in [-0.3, -0.25) is 4.98 Å². The summed E-state index contributed by atoms with van der Waals surface area (Å²) in [6.07, 6.45) is 3.97. The van der Waals surface area contributed by atoms with E-state index in [0.29, 0.717) is 6.54 Å². The summed E-state index contributed by atoms with van der Waals surface area (Å²) in [5, 5.41) is 4.28. The third kappa shape index (κ3) is 4.17. The third-order valence-corrected chi connectivity index (χ3v) is 6.91. The zero-order valence-electron chi connectivity index (χ0n) is 19.6. The topological polar surface area (TPSA) is 42.3 Å². The number of nitrogens with one attached hydrogen (secondary N) is 1. The van der Waals surface area contributed by atoms with E-state index in [2.05, 4.69) is 88.3 Å². The number of ether oxygens (including phenoxy) is 1. The molecule has 2 aromatic heterocycles. The first-order valence-electron chi connectivity index (χ1n) is 11.4. The highest BCUT2D eigenvalue weighted by Gasteiger charge is 2.41. The van der Waals surface area contributed by atoms with Crippen molar-refractivity contribution >= 4 is 17.3 Å². The summed E-state index contributed by atoms with van der Waals surface area (Å²) in [5.41, 5.74) is 7.01. The number of aromatic nitrogens is 2. The van der Waals surface area contributed by atoms with Gasteiger partial charge in [-0.2, -0.15) is 0 Å². The Balaban J connectivity index is 1.58. The summed E-state index contributed by atoms with van der Waals surface area (Å²) in [7, 11) is 1.68. The van der Waals surface area contributed by atoms with Crippen LogP contribution in [0.5, 0.6) is 5.75 Å². The van der Waals surface area contributed by atoms with Crippen molar-refractivity contribution in [3.8, 4) is 11.4 Å². The normalized spacial score (nSPS) is 17.6. The zero-order chi connectivity index (χ0) is 23.7. The van der Waals surface area contributed by atoms with Crippen LogP contribution in [-0.4, -0.2) is 26.7 Å². The van der Waals surface area contributed by atoms with Crippen LogP contribution in [0.2, 0.25) is 0 Å². The predicted molar refractivity (Wildman–Crippen MR) is 139 cm³/mol. The quantitative estimate of drug-likeness (QED) is 0.369. The Morgan fingerprint density at radius 3 is 2.50 bits per heavy atom. The van der Waals surface area contributed by atoms with Gasteiger partial charge in [0.1, 0.15) is 5.75 Å². The van der Waals surface area contributed by atoms with E-state index < -0.39 is 0 Å². The number of methoxy groups -OCH3 is 1. The number of hydrogen-bond donors (Lipinski definition) is 1. The van der Waals surface area contributed by atoms with Gasteiger partial charge in [0.05, 0.1) is 24.9 Å². The van der Waals surface area contributed by atoms with Crippen molar-refractivity contribution < 1.29 is 4.74 Å². The lowest BCUT2D eigenvalue weighted by Gasteiger charge is -2.29. The van der Waals surface area contributed by atoms with Crippen LogP contribution < -0.4 is 10.1 Å². The maximum absolute atomic E-state index is 5.87. The maximum atomic E-state index is 5.87. The van der Waals surface area contributed by atoms with E-state index in [-0.39, 0.29) is 12.1 Å². The Bertz CT molecular complexity index is 1300. The van der Waals surface area contributed by atoms with Gasteiger partial charge < -0.3 is 19.5 Å². The van der Waals surface area contributed by atoms with Crippen LogP contribution in [0.25, 0.3) is 5.69 Å². The minimum absolute atomic E-state index is 0.0267. The van der Waals surface area contributed by atoms with Crippen LogP contribution >= 0.6 is 12.2 Å². The minimum Gasteiger partial charge on any atom is -0.497 e. The van der Waals surface area contributed by atoms with E-state index in [1.807, 2.05) is 30.5 Å². The highest BCUT2D eigenvalue weighted by atomic mass is 32.1. The zero-order valence-corrected chi connectivity index (χ0v) is 20.4. The number of nitrogens with zero attached hydrogens (tertiary/aromatic N) is 3. The lowest BCUT2D eigenvalue weighted by Crippen LogP contribution is -2.30. The molecular formula is C28H28N4OS. The SMILES string of the molecule is COc1ccc(CN2C(=S)NC(c3ccccn3)C2c2cccn2-c2ccc(C)c(C)c2)cc1. The molecule has 2 aromatic carbocycles. The van der Waals surface area contributed by atoms with Crippen LogP contribution in [0.3, 0.4) is 0 Å². The second kappa shape index (κ2) is 9.31. The summed E-state index contributed by atoms with van der Waals surface area (Å²) in [6.45, 7) is 4.98. The van der Waals surface area contributed by atoms with Crippen molar-refractivity contribution in [1.82, 2.24) is 19.8 Å². The van der Waals surface area contributed by atoms with Gasteiger partial charge in [-0.1, -0.05) is 24.3 Å². The Labute approximate surface area is 206 Å². The average molecular weight is 469 g/mol. The van der Waals surface area contributed by atoms with Gasteiger partial charge in [-0.05, 0) is 91.3 Å². The molecule has 1 saturated heterocycles. The summed E-state index contributed by atoms with van der Waals surface area (Å²) in [5.74, 6) is 0.845. The number of aryl methyl sites for hydroxylation is 2. The molecule has 0 bridgehead atoms. The van der Waals surface area contributed by atoms with Crippen LogP contribution in [0, 0.1) is 13.8 Å². The van der Waals surface area contributed by atoms with Crippen molar-refractivity contribution in [3.05, 3.63) is 113 Å². The van der Waals surface area contributed by atoms with Crippen LogP contribution in [0.4, 0.5) is 0 Å². The van der Waals surface area contributed by atoms with Crippen LogP contribution in [0.1, 0.15) is 40.2 Å². The lowest BCUT2D eigenvalue weighted by molar-refractivity contribution is 0.302. The smallest absolute Gasteiger partial charge is 0.170 e. The largest absolute Gasteiger partial charge is 0.497 e. The Morgan fingerprint density at radius 1 is 0.971 bits per heavy atom. The highest BCUT2D eigenvalue weighted by Crippen LogP contribution is 2.40. The number of benzene rings is 2. The molecule has 34 heavy (non-hydrogen) atoms. The first kappa shape index (κ1) is 22.2. The molecule has 5 rings (SSSR count). The minimum atomic E-state index is -0.0628. The fourth-order valence-electron chi connectivity index (χ4n) is 4.57. The average Bonchev–Trinajstić information content (AvgIpc) is 3.46. The molecule has 0 saturated carbocycles. The first-order valence-corrected chi connectivity index (χ1v) is 11.8. The molecule has 4 aromatic rings. The van der Waals surface area contributed by atoms with Gasteiger partial charge >= 0.3 is 0 Å². The van der Waals surface area contributed by atoms with Gasteiger partial charge in [0.25, 0.3) is 0 Å². The molecule has 0 amide bonds. The molecule has 0 radical (unpaired) electrons. The fourth-order valence-corrected chi connectivity index (χ4v) is 4.88. The first-order chi connectivity index (χ1) is 16.5. The van der Waals surface area contributed by atoms with E-state index in [9.17, 15) is 0 Å². The fraction of sp³-hybridized carbons (Fsp3) is 0.214. The van der Waals surface area contributed by atoms with Crippen molar-refractivity contribution in [3.63, 3.8) is 0 Å². The summed E-state index contributed by atoms with van der Waals surface area (Å²) in [4.78, 5) is 6.94. The van der Waals surface area contributed by atoms with Crippen molar-refractivity contribution in [2.24, 2.45) is 0 Å². The monoisotopic (exact) mass is 468 g/mol. The van der Waals surface area contributed by atoms with E-state index in [1.165, 1.54) is 22.4 Å². The molecule has 1 aliphatic heterocycles. The summed E-state index contributed by atoms with van der Waals surface area (Å²) >= 11 is 5.87. The summed E-state index contributed by atoms with van der Waals surface area (Å²) in [6, 6.07) is 25.0. The molecule has 0 aliphatic carbocycles. The van der Waals surface area contributed by atoms with Gasteiger partial charge in [0.15, 0.2) is 5.11 Å².